The van der Waals surface area contributed by atoms with Crippen LogP contribution in [0.5, 0.6) is 0 Å². The Kier molecular flexibility index (Phi) is 10.5. The van der Waals surface area contributed by atoms with Gasteiger partial charge in [0.2, 0.25) is 0 Å². The fourth-order valence-electron chi connectivity index (χ4n) is 4.12. The molecule has 0 aliphatic rings. The van der Waals surface area contributed by atoms with Crippen LogP contribution < -0.4 is 0 Å². The predicted molar refractivity (Wildman–Crippen MR) is 126 cm³/mol. The highest BCUT2D eigenvalue weighted by molar-refractivity contribution is 7.86. The molecule has 0 aromatic heterocycles. The van der Waals surface area contributed by atoms with Crippen molar-refractivity contribution in [3.05, 3.63) is 34.9 Å². The van der Waals surface area contributed by atoms with Crippen molar-refractivity contribution in [1.82, 2.24) is 0 Å². The smallest absolute Gasteiger partial charge is 0.265 e. The first kappa shape index (κ1) is 27.2. The van der Waals surface area contributed by atoms with Crippen molar-refractivity contribution in [2.45, 2.75) is 70.4 Å². The maximum Gasteiger partial charge on any atom is 0.265 e. The summed E-state index contributed by atoms with van der Waals surface area (Å²) in [6.45, 7) is 13.2. The molecule has 0 saturated carbocycles. The zero-order chi connectivity index (χ0) is 23.1. The van der Waals surface area contributed by atoms with Gasteiger partial charge >= 0.3 is 0 Å². The second-order valence-corrected chi connectivity index (χ2v) is 16.1. The molecule has 0 spiro atoms. The maximum atomic E-state index is 12.0. The van der Waals surface area contributed by atoms with Crippen LogP contribution in [0.3, 0.4) is 0 Å². The molecule has 5 nitrogen and oxygen atoms in total. The van der Waals surface area contributed by atoms with Gasteiger partial charge in [0.15, 0.2) is 6.10 Å². The Morgan fingerprint density at radius 3 is 1.90 bits per heavy atom. The van der Waals surface area contributed by atoms with Gasteiger partial charge in [0.05, 0.1) is 6.26 Å². The lowest BCUT2D eigenvalue weighted by Crippen LogP contribution is -2.43. The average Bonchev–Trinajstić information content (AvgIpc) is 2.61. The van der Waals surface area contributed by atoms with E-state index in [0.29, 0.717) is 27.2 Å². The molecule has 0 aliphatic heterocycles. The van der Waals surface area contributed by atoms with E-state index in [2.05, 4.69) is 53.0 Å². The summed E-state index contributed by atoms with van der Waals surface area (Å²) < 4.78 is 40.4. The van der Waals surface area contributed by atoms with Gasteiger partial charge in [-0.15, -0.1) is 5.54 Å². The first-order valence-corrected chi connectivity index (χ1v) is 14.5. The number of benzene rings is 1. The van der Waals surface area contributed by atoms with Crippen molar-refractivity contribution in [3.8, 4) is 11.5 Å². The van der Waals surface area contributed by atoms with Gasteiger partial charge in [-0.2, -0.15) is 8.42 Å². The first-order chi connectivity index (χ1) is 13.8. The summed E-state index contributed by atoms with van der Waals surface area (Å²) in [5.41, 5.74) is 5.46. The van der Waals surface area contributed by atoms with Gasteiger partial charge in [-0.1, -0.05) is 71.2 Å². The minimum absolute atomic E-state index is 0.0281. The summed E-state index contributed by atoms with van der Waals surface area (Å²) >= 11 is 6.02. The molecule has 0 heterocycles. The van der Waals surface area contributed by atoms with E-state index in [1.807, 2.05) is 0 Å². The Hall–Kier alpha value is -0.883. The second-order valence-electron chi connectivity index (χ2n) is 8.43. The molecule has 30 heavy (non-hydrogen) atoms. The Labute approximate surface area is 188 Å². The van der Waals surface area contributed by atoms with Gasteiger partial charge in [0, 0.05) is 12.1 Å². The quantitative estimate of drug-likeness (QED) is 0.192. The molecule has 0 unspecified atom stereocenters. The lowest BCUT2D eigenvalue weighted by Gasteiger charge is -2.38. The molecule has 0 saturated heterocycles. The van der Waals surface area contributed by atoms with E-state index in [9.17, 15) is 8.42 Å². The summed E-state index contributed by atoms with van der Waals surface area (Å²) in [5, 5.41) is 0.571. The van der Waals surface area contributed by atoms with Crippen LogP contribution in [0, 0.1) is 11.5 Å². The van der Waals surface area contributed by atoms with E-state index >= 15 is 0 Å². The number of halogens is 1. The molecule has 0 radical (unpaired) electrons. The van der Waals surface area contributed by atoms with Gasteiger partial charge in [-0.25, -0.2) is 0 Å². The first-order valence-electron chi connectivity index (χ1n) is 10.1. The lowest BCUT2D eigenvalue weighted by molar-refractivity contribution is -0.0968. The zero-order valence-corrected chi connectivity index (χ0v) is 21.8. The largest absolute Gasteiger partial charge is 0.359 e. The molecule has 0 fully saturated rings. The van der Waals surface area contributed by atoms with Crippen molar-refractivity contribution in [1.29, 1.82) is 0 Å². The number of rotatable bonds is 10. The molecule has 0 bridgehead atoms. The van der Waals surface area contributed by atoms with Gasteiger partial charge in [-0.05, 0) is 34.3 Å². The Bertz CT molecular complexity index is 804. The molecule has 1 aromatic carbocycles. The fourth-order valence-corrected chi connectivity index (χ4v) is 10.0. The van der Waals surface area contributed by atoms with Crippen LogP contribution in [-0.2, 0) is 23.8 Å². The molecular weight excluding hydrogens is 440 g/mol. The highest BCUT2D eigenvalue weighted by Gasteiger charge is 2.42. The molecule has 0 amide bonds. The van der Waals surface area contributed by atoms with Crippen LogP contribution in [0.2, 0.25) is 21.6 Å². The standard InChI is InChI=1S/C22H35ClO5SSi/c1-16(2)30(17(3)4,18(5)6)14-13-21(28-29(8,24)25)22(27-15-26-7)19-9-11-20(23)12-10-19/h9-12,16-18,21-22H,15H2,1-8H3/t21-,22-/m0/s1. The molecule has 170 valence electrons. The maximum absolute atomic E-state index is 12.0. The Morgan fingerprint density at radius 2 is 1.50 bits per heavy atom. The highest BCUT2D eigenvalue weighted by atomic mass is 35.5. The molecule has 2 atom stereocenters. The summed E-state index contributed by atoms with van der Waals surface area (Å²) in [6.07, 6.45) is -0.725. The average molecular weight is 475 g/mol. The van der Waals surface area contributed by atoms with Crippen LogP contribution in [0.15, 0.2) is 24.3 Å². The van der Waals surface area contributed by atoms with E-state index in [4.69, 9.17) is 25.3 Å². The van der Waals surface area contributed by atoms with Gasteiger partial charge < -0.3 is 9.47 Å². The number of ether oxygens (including phenoxy) is 2. The van der Waals surface area contributed by atoms with Crippen LogP contribution in [0.4, 0.5) is 0 Å². The molecule has 0 N–H and O–H groups in total. The zero-order valence-electron chi connectivity index (χ0n) is 19.2. The second kappa shape index (κ2) is 11.7. The van der Waals surface area contributed by atoms with Crippen molar-refractivity contribution in [3.63, 3.8) is 0 Å². The van der Waals surface area contributed by atoms with E-state index in [0.717, 1.165) is 6.26 Å². The number of hydrogen-bond donors (Lipinski definition) is 0. The topological polar surface area (TPSA) is 61.8 Å². The van der Waals surface area contributed by atoms with E-state index < -0.39 is 30.4 Å². The molecular formula is C22H35ClO5SSi. The summed E-state index contributed by atoms with van der Waals surface area (Å²) in [4.78, 5) is 0. The number of methoxy groups -OCH3 is 1. The Balaban J connectivity index is 3.57. The van der Waals surface area contributed by atoms with E-state index in [1.54, 1.807) is 24.3 Å². The van der Waals surface area contributed by atoms with Crippen LogP contribution >= 0.6 is 11.6 Å². The lowest BCUT2D eigenvalue weighted by atomic mass is 10.0. The third kappa shape index (κ3) is 7.36. The van der Waals surface area contributed by atoms with Gasteiger partial charge in [-0.3, -0.25) is 4.18 Å². The number of hydrogen-bond acceptors (Lipinski definition) is 5. The minimum atomic E-state index is -3.77. The van der Waals surface area contributed by atoms with Crippen LogP contribution in [0.1, 0.15) is 53.2 Å². The van der Waals surface area contributed by atoms with Crippen molar-refractivity contribution in [2.75, 3.05) is 20.2 Å². The van der Waals surface area contributed by atoms with Crippen LogP contribution in [0.25, 0.3) is 0 Å². The molecule has 1 rings (SSSR count). The minimum Gasteiger partial charge on any atom is -0.359 e. The summed E-state index contributed by atoms with van der Waals surface area (Å²) in [7, 11) is -4.36. The Morgan fingerprint density at radius 1 is 1.00 bits per heavy atom. The fraction of sp³-hybridized carbons (Fsp3) is 0.636. The predicted octanol–water partition coefficient (Wildman–Crippen LogP) is 5.57. The monoisotopic (exact) mass is 474 g/mol. The molecule has 1 aromatic rings. The van der Waals surface area contributed by atoms with Gasteiger partial charge in [0.1, 0.15) is 21.0 Å². The normalized spacial score (nSPS) is 14.7. The third-order valence-corrected chi connectivity index (χ3v) is 12.5. The van der Waals surface area contributed by atoms with Crippen LogP contribution in [-0.4, -0.2) is 42.8 Å². The van der Waals surface area contributed by atoms with Gasteiger partial charge in [0.25, 0.3) is 10.1 Å². The SMILES string of the molecule is COCO[C@@H](c1ccc(Cl)cc1)[C@H](C#C[Si](C(C)C)(C(C)C)C(C)C)OS(C)(=O)=O. The summed E-state index contributed by atoms with van der Waals surface area (Å²) in [5.74, 6) is 3.18. The summed E-state index contributed by atoms with van der Waals surface area (Å²) in [6, 6.07) is 7.00. The van der Waals surface area contributed by atoms with E-state index in [1.165, 1.54) is 7.11 Å². The highest BCUT2D eigenvalue weighted by Crippen LogP contribution is 2.41. The molecule has 8 heteroatoms. The van der Waals surface area contributed by atoms with Crippen molar-refractivity contribution < 1.29 is 22.1 Å². The molecule has 0 aliphatic carbocycles. The van der Waals surface area contributed by atoms with E-state index in [-0.39, 0.29) is 6.79 Å². The third-order valence-electron chi connectivity index (χ3n) is 5.41. The van der Waals surface area contributed by atoms with Crippen molar-refractivity contribution >= 4 is 29.8 Å². The van der Waals surface area contributed by atoms with Crippen molar-refractivity contribution in [2.24, 2.45) is 0 Å².